The third-order valence-electron chi connectivity index (χ3n) is 3.87. The molecule has 2 rings (SSSR count). The fourth-order valence-electron chi connectivity index (χ4n) is 2.26. The first-order chi connectivity index (χ1) is 13.5. The Balaban J connectivity index is 1.70. The van der Waals surface area contributed by atoms with E-state index in [2.05, 4.69) is 22.7 Å². The van der Waals surface area contributed by atoms with Crippen molar-refractivity contribution in [2.75, 3.05) is 17.7 Å². The molecule has 0 saturated heterocycles. The number of hydrogen-bond donors (Lipinski definition) is 2. The minimum Gasteiger partial charge on any atom is -0.494 e. The lowest BCUT2D eigenvalue weighted by Crippen LogP contribution is -2.28. The zero-order valence-electron chi connectivity index (χ0n) is 16.5. The molecular weight excluding hydrogens is 378 g/mol. The zero-order valence-corrected chi connectivity index (χ0v) is 17.3. The first-order valence-corrected chi connectivity index (χ1v) is 10.4. The second kappa shape index (κ2) is 11.4. The summed E-state index contributed by atoms with van der Waals surface area (Å²) in [5.41, 5.74) is 0.972. The van der Waals surface area contributed by atoms with E-state index in [9.17, 15) is 9.59 Å². The van der Waals surface area contributed by atoms with Gasteiger partial charge in [0.25, 0.3) is 0 Å². The molecule has 1 atom stereocenters. The summed E-state index contributed by atoms with van der Waals surface area (Å²) < 4.78 is 10.6. The molecule has 0 fully saturated rings. The zero-order chi connectivity index (χ0) is 20.4. The number of hydrogen-bond acceptors (Lipinski definition) is 6. The lowest BCUT2D eigenvalue weighted by atomic mass is 10.2. The van der Waals surface area contributed by atoms with Crippen molar-refractivity contribution < 1.29 is 18.8 Å². The highest BCUT2D eigenvalue weighted by Gasteiger charge is 2.16. The molecule has 1 aromatic heterocycles. The number of aromatic nitrogens is 1. The Hall–Kier alpha value is -2.48. The summed E-state index contributed by atoms with van der Waals surface area (Å²) in [6, 6.07) is 9.33. The third-order valence-corrected chi connectivity index (χ3v) is 5.01. The Labute approximate surface area is 169 Å². The molecule has 2 aromatic rings. The molecule has 1 heterocycles. The average molecular weight is 406 g/mol. The van der Waals surface area contributed by atoms with Crippen LogP contribution in [0.2, 0.25) is 0 Å². The normalized spacial score (nSPS) is 11.7. The van der Waals surface area contributed by atoms with E-state index >= 15 is 0 Å². The lowest BCUT2D eigenvalue weighted by Gasteiger charge is -2.11. The summed E-state index contributed by atoms with van der Waals surface area (Å²) in [5, 5.41) is 8.86. The molecule has 2 amide bonds. The summed E-state index contributed by atoms with van der Waals surface area (Å²) in [6.07, 6.45) is 2.10. The maximum absolute atomic E-state index is 12.1. The van der Waals surface area contributed by atoms with Crippen LogP contribution in [0.1, 0.15) is 38.0 Å². The number of benzene rings is 1. The fourth-order valence-corrected chi connectivity index (χ4v) is 2.97. The highest BCUT2D eigenvalue weighted by Crippen LogP contribution is 2.15. The van der Waals surface area contributed by atoms with Gasteiger partial charge in [-0.05, 0) is 38.0 Å². The number of carbonyl (C=O) groups excluding carboxylic acids is 2. The molecule has 8 heteroatoms. The molecule has 2 N–H and O–H groups in total. The highest BCUT2D eigenvalue weighted by atomic mass is 32.2. The summed E-state index contributed by atoms with van der Waals surface area (Å²) in [6.45, 7) is 6.72. The van der Waals surface area contributed by atoms with Gasteiger partial charge in [0.05, 0.1) is 17.6 Å². The maximum Gasteiger partial charge on any atom is 0.238 e. The number of ether oxygens (including phenoxy) is 1. The van der Waals surface area contributed by atoms with Crippen LogP contribution >= 0.6 is 11.8 Å². The molecule has 1 unspecified atom stereocenters. The van der Waals surface area contributed by atoms with Crippen molar-refractivity contribution in [3.63, 3.8) is 0 Å². The molecule has 7 nitrogen and oxygen atoms in total. The molecular formula is C20H27N3O4S. The molecule has 152 valence electrons. The summed E-state index contributed by atoms with van der Waals surface area (Å²) in [4.78, 5) is 24.2. The monoisotopic (exact) mass is 405 g/mol. The van der Waals surface area contributed by atoms with E-state index in [1.807, 2.05) is 24.3 Å². The number of rotatable bonds is 11. The maximum atomic E-state index is 12.1. The smallest absolute Gasteiger partial charge is 0.238 e. The third kappa shape index (κ3) is 7.64. The number of nitrogens with one attached hydrogen (secondary N) is 2. The number of aryl methyl sites for hydroxylation is 1. The van der Waals surface area contributed by atoms with Gasteiger partial charge in [0.2, 0.25) is 11.8 Å². The van der Waals surface area contributed by atoms with Crippen molar-refractivity contribution >= 4 is 29.4 Å². The Bertz CT molecular complexity index is 778. The number of nitrogens with zero attached hydrogens (tertiary/aromatic N) is 1. The predicted octanol–water partition coefficient (Wildman–Crippen LogP) is 3.54. The van der Waals surface area contributed by atoms with Crippen molar-refractivity contribution in [1.29, 1.82) is 0 Å². The SMILES string of the molecule is CCCCOc1cccc(CNC(=O)CSC(C)C(=O)Nc2cc(C)on2)c1. The van der Waals surface area contributed by atoms with Crippen LogP contribution in [0.4, 0.5) is 5.82 Å². The van der Waals surface area contributed by atoms with Gasteiger partial charge < -0.3 is 19.9 Å². The number of carbonyl (C=O) groups is 2. The van der Waals surface area contributed by atoms with Gasteiger partial charge in [-0.3, -0.25) is 9.59 Å². The van der Waals surface area contributed by atoms with E-state index < -0.39 is 5.25 Å². The van der Waals surface area contributed by atoms with Crippen LogP contribution in [0.15, 0.2) is 34.9 Å². The van der Waals surface area contributed by atoms with E-state index in [0.717, 1.165) is 24.2 Å². The van der Waals surface area contributed by atoms with Crippen LogP contribution in [0.3, 0.4) is 0 Å². The summed E-state index contributed by atoms with van der Waals surface area (Å²) in [7, 11) is 0. The minimum atomic E-state index is -0.391. The van der Waals surface area contributed by atoms with E-state index in [1.54, 1.807) is 19.9 Å². The van der Waals surface area contributed by atoms with Gasteiger partial charge in [-0.1, -0.05) is 30.6 Å². The van der Waals surface area contributed by atoms with Gasteiger partial charge in [-0.25, -0.2) is 0 Å². The van der Waals surface area contributed by atoms with Crippen molar-refractivity contribution in [3.05, 3.63) is 41.7 Å². The van der Waals surface area contributed by atoms with Crippen molar-refractivity contribution in [3.8, 4) is 5.75 Å². The van der Waals surface area contributed by atoms with Gasteiger partial charge in [-0.2, -0.15) is 0 Å². The molecule has 0 aliphatic heterocycles. The topological polar surface area (TPSA) is 93.5 Å². The number of amides is 2. The molecule has 0 spiro atoms. The van der Waals surface area contributed by atoms with Gasteiger partial charge in [0.15, 0.2) is 5.82 Å². The molecule has 28 heavy (non-hydrogen) atoms. The van der Waals surface area contributed by atoms with Crippen LogP contribution in [-0.4, -0.2) is 34.6 Å². The average Bonchev–Trinajstić information content (AvgIpc) is 3.09. The number of unbranched alkanes of at least 4 members (excludes halogenated alkanes) is 1. The van der Waals surface area contributed by atoms with Crippen LogP contribution < -0.4 is 15.4 Å². The fraction of sp³-hybridized carbons (Fsp3) is 0.450. The van der Waals surface area contributed by atoms with Gasteiger partial charge in [-0.15, -0.1) is 11.8 Å². The minimum absolute atomic E-state index is 0.126. The summed E-state index contributed by atoms with van der Waals surface area (Å²) >= 11 is 1.26. The van der Waals surface area contributed by atoms with Gasteiger partial charge in [0.1, 0.15) is 11.5 Å². The molecule has 0 saturated carbocycles. The second-order valence-corrected chi connectivity index (χ2v) is 7.72. The second-order valence-electron chi connectivity index (χ2n) is 6.39. The van der Waals surface area contributed by atoms with Gasteiger partial charge >= 0.3 is 0 Å². The quantitative estimate of drug-likeness (QED) is 0.556. The first-order valence-electron chi connectivity index (χ1n) is 9.32. The van der Waals surface area contributed by atoms with Crippen molar-refractivity contribution in [2.45, 2.75) is 45.4 Å². The van der Waals surface area contributed by atoms with E-state index in [-0.39, 0.29) is 17.6 Å². The van der Waals surface area contributed by atoms with Crippen LogP contribution in [0.5, 0.6) is 5.75 Å². The number of thioether (sulfide) groups is 1. The van der Waals surface area contributed by atoms with Crippen molar-refractivity contribution in [1.82, 2.24) is 10.5 Å². The van der Waals surface area contributed by atoms with Gasteiger partial charge in [0, 0.05) is 12.6 Å². The standard InChI is InChI=1S/C20H27N3O4S/c1-4-5-9-26-17-8-6-7-16(11-17)12-21-19(24)13-28-15(3)20(25)22-18-10-14(2)27-23-18/h6-8,10-11,15H,4-5,9,12-13H2,1-3H3,(H,21,24)(H,22,23,25). The Morgan fingerprint density at radius 3 is 2.86 bits per heavy atom. The Morgan fingerprint density at radius 2 is 2.14 bits per heavy atom. The summed E-state index contributed by atoms with van der Waals surface area (Å²) in [5.74, 6) is 1.65. The van der Waals surface area contributed by atoms with E-state index in [1.165, 1.54) is 11.8 Å². The van der Waals surface area contributed by atoms with Crippen LogP contribution in [0, 0.1) is 6.92 Å². The van der Waals surface area contributed by atoms with Crippen molar-refractivity contribution in [2.24, 2.45) is 0 Å². The molecule has 0 aliphatic carbocycles. The lowest BCUT2D eigenvalue weighted by molar-refractivity contribution is -0.118. The Morgan fingerprint density at radius 1 is 1.32 bits per heavy atom. The first kappa shape index (κ1) is 21.8. The molecule has 1 aromatic carbocycles. The van der Waals surface area contributed by atoms with E-state index in [0.29, 0.717) is 24.7 Å². The van der Waals surface area contributed by atoms with Crippen LogP contribution in [0.25, 0.3) is 0 Å². The Kier molecular flexibility index (Phi) is 8.87. The van der Waals surface area contributed by atoms with Crippen LogP contribution in [-0.2, 0) is 16.1 Å². The molecule has 0 radical (unpaired) electrons. The largest absolute Gasteiger partial charge is 0.494 e. The molecule has 0 aliphatic rings. The molecule has 0 bridgehead atoms. The highest BCUT2D eigenvalue weighted by molar-refractivity contribution is 8.01. The predicted molar refractivity (Wildman–Crippen MR) is 110 cm³/mol. The number of anilines is 1. The van der Waals surface area contributed by atoms with E-state index in [4.69, 9.17) is 9.26 Å².